The highest BCUT2D eigenvalue weighted by Crippen LogP contribution is 2.46. The van der Waals surface area contributed by atoms with Gasteiger partial charge in [0, 0.05) is 16.8 Å². The number of fused-ring (bicyclic) bond motifs is 2. The quantitative estimate of drug-likeness (QED) is 0.360. The van der Waals surface area contributed by atoms with Crippen molar-refractivity contribution in [2.45, 2.75) is 12.8 Å². The molecule has 0 fully saturated rings. The van der Waals surface area contributed by atoms with E-state index in [9.17, 15) is 0 Å². The minimum Gasteiger partial charge on any atom is -0.452 e. The molecule has 1 aliphatic rings. The van der Waals surface area contributed by atoms with E-state index in [2.05, 4.69) is 109 Å². The van der Waals surface area contributed by atoms with Crippen molar-refractivity contribution in [2.24, 2.45) is 0 Å². The molecule has 1 aliphatic heterocycles. The van der Waals surface area contributed by atoms with Crippen molar-refractivity contribution in [1.29, 1.82) is 0 Å². The second-order valence-corrected chi connectivity index (χ2v) is 8.62. The van der Waals surface area contributed by atoms with Crippen LogP contribution in [0.2, 0.25) is 0 Å². The van der Waals surface area contributed by atoms with Crippen LogP contribution < -0.4 is 20.7 Å². The second kappa shape index (κ2) is 7.73. The average molecular weight is 395 g/mol. The zero-order valence-electron chi connectivity index (χ0n) is 16.2. The molecule has 3 heteroatoms. The largest absolute Gasteiger partial charge is 0.452 e. The Morgan fingerprint density at radius 1 is 0.690 bits per heavy atom. The molecular weight excluding hydrogens is 373 g/mol. The van der Waals surface area contributed by atoms with Crippen LogP contribution in [0.4, 0.5) is 11.4 Å². The molecule has 1 heterocycles. The fourth-order valence-corrected chi connectivity index (χ4v) is 4.95. The molecule has 2 nitrogen and oxygen atoms in total. The van der Waals surface area contributed by atoms with Crippen LogP contribution in [0, 0.1) is 0 Å². The maximum atomic E-state index is 6.60. The maximum absolute atomic E-state index is 6.60. The van der Waals surface area contributed by atoms with Crippen LogP contribution in [0.1, 0.15) is 24.0 Å². The summed E-state index contributed by atoms with van der Waals surface area (Å²) in [6.07, 6.45) is 0. The molecule has 0 saturated carbocycles. The Bertz CT molecular complexity index is 1140. The Labute approximate surface area is 173 Å². The first kappa shape index (κ1) is 18.0. The van der Waals surface area contributed by atoms with Crippen molar-refractivity contribution >= 4 is 30.6 Å². The third-order valence-electron chi connectivity index (χ3n) is 5.35. The molecule has 0 radical (unpaired) electrons. The average Bonchev–Trinajstić information content (AvgIpc) is 2.78. The van der Waals surface area contributed by atoms with Crippen LogP contribution in [0.15, 0.2) is 97.1 Å². The van der Waals surface area contributed by atoms with Gasteiger partial charge in [-0.15, -0.1) is 0 Å². The molecule has 0 amide bonds. The Morgan fingerprint density at radius 3 is 2.10 bits per heavy atom. The molecule has 2 atom stereocenters. The molecule has 5 rings (SSSR count). The fraction of sp³-hybridized carbons (Fsp3) is 0.0769. The molecule has 1 unspecified atom stereocenters. The summed E-state index contributed by atoms with van der Waals surface area (Å²) < 4.78 is 6.60. The van der Waals surface area contributed by atoms with Gasteiger partial charge >= 0.3 is 0 Å². The van der Waals surface area contributed by atoms with Gasteiger partial charge in [0.15, 0.2) is 11.5 Å². The van der Waals surface area contributed by atoms with Crippen molar-refractivity contribution in [2.75, 3.05) is 5.32 Å². The van der Waals surface area contributed by atoms with E-state index in [4.69, 9.17) is 4.74 Å². The minimum absolute atomic E-state index is 0.248. The van der Waals surface area contributed by atoms with Crippen LogP contribution in [0.25, 0.3) is 0 Å². The van der Waals surface area contributed by atoms with Crippen LogP contribution in [-0.2, 0) is 0 Å². The summed E-state index contributed by atoms with van der Waals surface area (Å²) in [5.74, 6) is 2.12. The van der Waals surface area contributed by atoms with E-state index >= 15 is 0 Å². The highest BCUT2D eigenvalue weighted by molar-refractivity contribution is 7.55. The number of para-hydroxylation sites is 2. The third-order valence-corrected chi connectivity index (χ3v) is 6.64. The summed E-state index contributed by atoms with van der Waals surface area (Å²) in [6, 6.07) is 33.9. The van der Waals surface area contributed by atoms with Gasteiger partial charge in [0.05, 0.1) is 11.4 Å². The van der Waals surface area contributed by atoms with Crippen molar-refractivity contribution in [3.05, 3.63) is 108 Å². The first-order valence-electron chi connectivity index (χ1n) is 9.87. The molecule has 142 valence electrons. The lowest BCUT2D eigenvalue weighted by Gasteiger charge is -2.27. The Hall–Kier alpha value is -3.09. The first-order chi connectivity index (χ1) is 14.3. The zero-order chi connectivity index (χ0) is 19.6. The van der Waals surface area contributed by atoms with E-state index in [0.717, 1.165) is 22.9 Å². The van der Waals surface area contributed by atoms with Crippen molar-refractivity contribution in [3.8, 4) is 11.5 Å². The van der Waals surface area contributed by atoms with Gasteiger partial charge in [0.2, 0.25) is 0 Å². The highest BCUT2D eigenvalue weighted by Gasteiger charge is 2.24. The second-order valence-electron chi connectivity index (χ2n) is 7.26. The molecule has 4 aromatic rings. The zero-order valence-corrected chi connectivity index (χ0v) is 17.2. The van der Waals surface area contributed by atoms with E-state index in [1.807, 2.05) is 0 Å². The Morgan fingerprint density at radius 2 is 1.34 bits per heavy atom. The van der Waals surface area contributed by atoms with Crippen molar-refractivity contribution in [1.82, 2.24) is 0 Å². The summed E-state index contributed by atoms with van der Waals surface area (Å²) in [4.78, 5) is 0. The molecule has 0 bridgehead atoms. The minimum atomic E-state index is 0.248. The lowest BCUT2D eigenvalue weighted by atomic mass is 9.91. The van der Waals surface area contributed by atoms with Crippen molar-refractivity contribution in [3.63, 3.8) is 0 Å². The topological polar surface area (TPSA) is 21.3 Å². The van der Waals surface area contributed by atoms with Crippen LogP contribution in [-0.4, -0.2) is 0 Å². The van der Waals surface area contributed by atoms with Gasteiger partial charge in [-0.3, -0.25) is 0 Å². The molecule has 29 heavy (non-hydrogen) atoms. The molecular formula is C26H22NOP. The fourth-order valence-electron chi connectivity index (χ4n) is 3.80. The van der Waals surface area contributed by atoms with Crippen molar-refractivity contribution < 1.29 is 4.74 Å². The molecule has 0 aromatic heterocycles. The summed E-state index contributed by atoms with van der Waals surface area (Å²) in [5.41, 5.74) is 4.54. The Balaban J connectivity index is 1.54. The molecule has 0 spiro atoms. The summed E-state index contributed by atoms with van der Waals surface area (Å²) in [5, 5.41) is 6.12. The third kappa shape index (κ3) is 3.52. The Kier molecular flexibility index (Phi) is 4.79. The number of hydrogen-bond acceptors (Lipinski definition) is 2. The SMILES string of the molecule is C[C@@H](c1ccccc1)c1cccc2c1Oc1c(cccc1Pc1ccccc1)N2. The monoisotopic (exact) mass is 395 g/mol. The van der Waals surface area contributed by atoms with E-state index < -0.39 is 0 Å². The van der Waals surface area contributed by atoms with Gasteiger partial charge < -0.3 is 10.1 Å². The van der Waals surface area contributed by atoms with Gasteiger partial charge in [0.1, 0.15) is 0 Å². The molecule has 1 N–H and O–H groups in total. The molecule has 0 saturated heterocycles. The summed E-state index contributed by atoms with van der Waals surface area (Å²) in [7, 11) is 0.552. The van der Waals surface area contributed by atoms with Crippen LogP contribution >= 0.6 is 8.58 Å². The number of nitrogens with one attached hydrogen (secondary N) is 1. The first-order valence-corrected chi connectivity index (χ1v) is 10.9. The smallest absolute Gasteiger partial charge is 0.158 e. The van der Waals surface area contributed by atoms with Crippen LogP contribution in [0.5, 0.6) is 11.5 Å². The van der Waals surface area contributed by atoms with E-state index in [-0.39, 0.29) is 5.92 Å². The van der Waals surface area contributed by atoms with E-state index in [0.29, 0.717) is 8.58 Å². The number of ether oxygens (including phenoxy) is 1. The summed E-state index contributed by atoms with van der Waals surface area (Å²) >= 11 is 0. The number of benzene rings is 4. The van der Waals surface area contributed by atoms with Gasteiger partial charge in [-0.2, -0.15) is 0 Å². The normalized spacial score (nSPS) is 13.3. The van der Waals surface area contributed by atoms with E-state index in [1.54, 1.807) is 0 Å². The predicted octanol–water partition coefficient (Wildman–Crippen LogP) is 6.32. The molecule has 4 aromatic carbocycles. The highest BCUT2D eigenvalue weighted by atomic mass is 31.1. The van der Waals surface area contributed by atoms with Gasteiger partial charge in [-0.05, 0) is 23.0 Å². The predicted molar refractivity (Wildman–Crippen MR) is 124 cm³/mol. The van der Waals surface area contributed by atoms with E-state index in [1.165, 1.54) is 21.7 Å². The number of hydrogen-bond donors (Lipinski definition) is 1. The number of anilines is 2. The lowest BCUT2D eigenvalue weighted by Crippen LogP contribution is -2.14. The van der Waals surface area contributed by atoms with Crippen LogP contribution in [0.3, 0.4) is 0 Å². The van der Waals surface area contributed by atoms with Gasteiger partial charge in [0.25, 0.3) is 0 Å². The summed E-state index contributed by atoms with van der Waals surface area (Å²) in [6.45, 7) is 2.24. The lowest BCUT2D eigenvalue weighted by molar-refractivity contribution is 0.477. The number of rotatable bonds is 4. The standard InChI is InChI=1S/C26H22NOP/c1-18(19-10-4-2-5-11-19)21-14-8-15-22-25(21)28-26-23(27-22)16-9-17-24(26)29-20-12-6-3-7-13-20/h2-18,27,29H,1H3/t18-/m0/s1. The molecule has 0 aliphatic carbocycles. The van der Waals surface area contributed by atoms with Gasteiger partial charge in [-0.25, -0.2) is 0 Å². The maximum Gasteiger partial charge on any atom is 0.158 e. The van der Waals surface area contributed by atoms with Gasteiger partial charge in [-0.1, -0.05) is 100 Å².